The molecule has 0 radical (unpaired) electrons. The summed E-state index contributed by atoms with van der Waals surface area (Å²) in [5, 5.41) is 7.20. The van der Waals surface area contributed by atoms with Crippen molar-refractivity contribution < 1.29 is 4.42 Å². The molecular weight excluding hydrogens is 813 g/mol. The fraction of sp³-hybridized carbons (Fsp3) is 0. The molecule has 0 spiro atoms. The molecule has 0 aliphatic rings. The van der Waals surface area contributed by atoms with Crippen LogP contribution < -0.4 is 4.90 Å². The number of para-hydroxylation sites is 4. The fourth-order valence-corrected chi connectivity index (χ4v) is 10.2. The van der Waals surface area contributed by atoms with Gasteiger partial charge in [-0.25, -0.2) is 0 Å². The summed E-state index contributed by atoms with van der Waals surface area (Å²) in [6.45, 7) is 0. The first kappa shape index (κ1) is 38.5. The van der Waals surface area contributed by atoms with E-state index in [0.29, 0.717) is 0 Å². The van der Waals surface area contributed by atoms with Gasteiger partial charge in [-0.2, -0.15) is 0 Å². The van der Waals surface area contributed by atoms with Crippen molar-refractivity contribution in [2.24, 2.45) is 0 Å². The minimum Gasteiger partial charge on any atom is -0.455 e. The normalized spacial score (nSPS) is 11.6. The molecular formula is C64H42N2O. The van der Waals surface area contributed by atoms with Crippen LogP contribution in [0.1, 0.15) is 0 Å². The van der Waals surface area contributed by atoms with Crippen LogP contribution in [-0.2, 0) is 0 Å². The number of hydrogen-bond acceptors (Lipinski definition) is 2. The summed E-state index contributed by atoms with van der Waals surface area (Å²) in [7, 11) is 0. The van der Waals surface area contributed by atoms with Crippen LogP contribution in [-0.4, -0.2) is 4.57 Å². The van der Waals surface area contributed by atoms with Crippen molar-refractivity contribution in [3.05, 3.63) is 255 Å². The summed E-state index contributed by atoms with van der Waals surface area (Å²) in [5.74, 6) is 0. The van der Waals surface area contributed by atoms with E-state index in [9.17, 15) is 0 Å². The smallest absolute Gasteiger partial charge is 0.143 e. The van der Waals surface area contributed by atoms with Crippen LogP contribution in [0, 0.1) is 0 Å². The zero-order valence-electron chi connectivity index (χ0n) is 36.6. The highest BCUT2D eigenvalue weighted by Gasteiger charge is 2.20. The Morgan fingerprint density at radius 1 is 0.299 bits per heavy atom. The third-order valence-corrected chi connectivity index (χ3v) is 13.4. The first-order chi connectivity index (χ1) is 33.2. The van der Waals surface area contributed by atoms with Gasteiger partial charge < -0.3 is 13.9 Å². The molecule has 0 aliphatic heterocycles. The molecule has 0 amide bonds. The topological polar surface area (TPSA) is 21.3 Å². The minimum atomic E-state index is 0.894. The summed E-state index contributed by atoms with van der Waals surface area (Å²) < 4.78 is 8.99. The Balaban J connectivity index is 0.961. The largest absolute Gasteiger partial charge is 0.455 e. The molecule has 0 fully saturated rings. The van der Waals surface area contributed by atoms with E-state index < -0.39 is 0 Å². The zero-order valence-corrected chi connectivity index (χ0v) is 36.6. The molecule has 3 nitrogen and oxygen atoms in total. The SMILES string of the molecule is c1ccc(-c2ccc(-c3ccc(N(c4ccc(-c5cccc6ccccc56)cc4)c4cccc(-c5cccc6c5oc5ccccc56)c4)cc3)c(-n3c4ccccc4c4ccccc43)c2)cc1. The minimum absolute atomic E-state index is 0.894. The molecule has 2 heterocycles. The van der Waals surface area contributed by atoms with Gasteiger partial charge in [0.25, 0.3) is 0 Å². The maximum Gasteiger partial charge on any atom is 0.143 e. The van der Waals surface area contributed by atoms with E-state index in [1.165, 1.54) is 54.8 Å². The first-order valence-corrected chi connectivity index (χ1v) is 22.9. The predicted octanol–water partition coefficient (Wildman–Crippen LogP) is 18.0. The van der Waals surface area contributed by atoms with Gasteiger partial charge in [0.2, 0.25) is 0 Å². The number of fused-ring (bicyclic) bond motifs is 7. The molecule has 13 rings (SSSR count). The van der Waals surface area contributed by atoms with Crippen LogP contribution in [0.2, 0.25) is 0 Å². The van der Waals surface area contributed by atoms with Crippen molar-refractivity contribution in [3.8, 4) is 50.2 Å². The summed E-state index contributed by atoms with van der Waals surface area (Å²) >= 11 is 0. The Bertz CT molecular complexity index is 3910. The van der Waals surface area contributed by atoms with Gasteiger partial charge in [0, 0.05) is 49.7 Å². The molecule has 3 heteroatoms. The Labute approximate surface area is 388 Å². The van der Waals surface area contributed by atoms with Crippen molar-refractivity contribution in [2.75, 3.05) is 4.90 Å². The van der Waals surface area contributed by atoms with Gasteiger partial charge in [0.15, 0.2) is 0 Å². The Hall–Kier alpha value is -8.92. The van der Waals surface area contributed by atoms with Gasteiger partial charge in [-0.15, -0.1) is 0 Å². The standard InChI is InChI=1S/C64H42N2O/c1-2-15-43(16-3-1)47-35-40-54(62(42-47)66-60-28-9-6-22-56(60)57-23-7-10-29-61(57)66)46-33-38-50(39-34-46)65(49-36-31-45(32-37-49)53-25-13-18-44-17-4-5-21-52(44)53)51-20-12-19-48(41-51)55-26-14-27-59-58-24-8-11-30-63(58)67-64(55)59/h1-42H. The molecule has 0 saturated carbocycles. The second kappa shape index (κ2) is 16.0. The van der Waals surface area contributed by atoms with E-state index >= 15 is 0 Å². The van der Waals surface area contributed by atoms with Crippen molar-refractivity contribution >= 4 is 71.6 Å². The predicted molar refractivity (Wildman–Crippen MR) is 282 cm³/mol. The highest BCUT2D eigenvalue weighted by atomic mass is 16.3. The summed E-state index contributed by atoms with van der Waals surface area (Å²) in [6, 6.07) is 91.9. The monoisotopic (exact) mass is 854 g/mol. The average Bonchev–Trinajstić information content (AvgIpc) is 3.95. The van der Waals surface area contributed by atoms with Crippen molar-refractivity contribution in [1.82, 2.24) is 4.57 Å². The number of anilines is 3. The van der Waals surface area contributed by atoms with Crippen molar-refractivity contribution in [3.63, 3.8) is 0 Å². The molecule has 67 heavy (non-hydrogen) atoms. The van der Waals surface area contributed by atoms with Crippen LogP contribution in [0.15, 0.2) is 259 Å². The van der Waals surface area contributed by atoms with Gasteiger partial charge in [-0.3, -0.25) is 0 Å². The van der Waals surface area contributed by atoms with Crippen LogP contribution in [0.5, 0.6) is 0 Å². The first-order valence-electron chi connectivity index (χ1n) is 22.9. The number of benzene rings is 11. The maximum atomic E-state index is 6.55. The average molecular weight is 855 g/mol. The number of furan rings is 1. The van der Waals surface area contributed by atoms with Crippen molar-refractivity contribution in [1.29, 1.82) is 0 Å². The lowest BCUT2D eigenvalue weighted by Gasteiger charge is -2.27. The number of aromatic nitrogens is 1. The lowest BCUT2D eigenvalue weighted by Crippen LogP contribution is -2.10. The zero-order chi connectivity index (χ0) is 44.3. The van der Waals surface area contributed by atoms with Crippen LogP contribution >= 0.6 is 0 Å². The van der Waals surface area contributed by atoms with Gasteiger partial charge in [0.05, 0.1) is 16.7 Å². The quantitative estimate of drug-likeness (QED) is 0.152. The van der Waals surface area contributed by atoms with Crippen LogP contribution in [0.25, 0.3) is 105 Å². The Kier molecular flexibility index (Phi) is 9.17. The molecule has 0 N–H and O–H groups in total. The molecule has 314 valence electrons. The van der Waals surface area contributed by atoms with Crippen molar-refractivity contribution in [2.45, 2.75) is 0 Å². The summed E-state index contributed by atoms with van der Waals surface area (Å²) in [4.78, 5) is 2.37. The molecule has 0 unspecified atom stereocenters. The highest BCUT2D eigenvalue weighted by molar-refractivity contribution is 6.11. The van der Waals surface area contributed by atoms with E-state index in [0.717, 1.165) is 66.9 Å². The molecule has 0 atom stereocenters. The highest BCUT2D eigenvalue weighted by Crippen LogP contribution is 2.43. The Morgan fingerprint density at radius 2 is 0.836 bits per heavy atom. The molecule has 0 bridgehead atoms. The van der Waals surface area contributed by atoms with E-state index in [1.54, 1.807) is 0 Å². The molecule has 2 aromatic heterocycles. The number of hydrogen-bond donors (Lipinski definition) is 0. The maximum absolute atomic E-state index is 6.55. The second-order valence-electron chi connectivity index (χ2n) is 17.3. The lowest BCUT2D eigenvalue weighted by molar-refractivity contribution is 0.670. The van der Waals surface area contributed by atoms with Gasteiger partial charge in [-0.1, -0.05) is 194 Å². The van der Waals surface area contributed by atoms with Crippen LogP contribution in [0.3, 0.4) is 0 Å². The summed E-state index contributed by atoms with van der Waals surface area (Å²) in [5.41, 5.74) is 17.7. The molecule has 0 aliphatic carbocycles. The number of rotatable bonds is 8. The van der Waals surface area contributed by atoms with Gasteiger partial charge in [0.1, 0.15) is 11.2 Å². The number of nitrogens with zero attached hydrogens (tertiary/aromatic N) is 2. The fourth-order valence-electron chi connectivity index (χ4n) is 10.2. The second-order valence-corrected chi connectivity index (χ2v) is 17.3. The lowest BCUT2D eigenvalue weighted by atomic mass is 9.97. The molecule has 0 saturated heterocycles. The third-order valence-electron chi connectivity index (χ3n) is 13.4. The van der Waals surface area contributed by atoms with Gasteiger partial charge >= 0.3 is 0 Å². The third kappa shape index (κ3) is 6.59. The van der Waals surface area contributed by atoms with E-state index in [-0.39, 0.29) is 0 Å². The van der Waals surface area contributed by atoms with Gasteiger partial charge in [-0.05, 0) is 105 Å². The molecule has 13 aromatic rings. The van der Waals surface area contributed by atoms with E-state index in [2.05, 4.69) is 252 Å². The summed E-state index contributed by atoms with van der Waals surface area (Å²) in [6.07, 6.45) is 0. The van der Waals surface area contributed by atoms with E-state index in [4.69, 9.17) is 4.42 Å². The van der Waals surface area contributed by atoms with E-state index in [1.807, 2.05) is 12.1 Å². The molecule has 11 aromatic carbocycles. The Morgan fingerprint density at radius 3 is 1.58 bits per heavy atom. The van der Waals surface area contributed by atoms with Crippen LogP contribution in [0.4, 0.5) is 17.1 Å².